The molecule has 4 heterocycles. The summed E-state index contributed by atoms with van der Waals surface area (Å²) < 4.78 is 4.51. The van der Waals surface area contributed by atoms with Crippen LogP contribution in [0, 0.1) is 0 Å². The molecule has 2 aliphatic heterocycles. The Morgan fingerprint density at radius 3 is 2.29 bits per heavy atom. The van der Waals surface area contributed by atoms with Gasteiger partial charge in [0.15, 0.2) is 0 Å². The Morgan fingerprint density at radius 2 is 1.57 bits per heavy atom. The van der Waals surface area contributed by atoms with Gasteiger partial charge in [0.2, 0.25) is 0 Å². The first-order valence-corrected chi connectivity index (χ1v) is 11.1. The van der Waals surface area contributed by atoms with E-state index in [4.69, 9.17) is 0 Å². The van der Waals surface area contributed by atoms with Crippen LogP contribution in [0.15, 0.2) is 12.4 Å². The van der Waals surface area contributed by atoms with E-state index in [1.165, 1.54) is 50.4 Å². The summed E-state index contributed by atoms with van der Waals surface area (Å²) in [7, 11) is 2.16. The van der Waals surface area contributed by atoms with Crippen molar-refractivity contribution in [2.75, 3.05) is 26.2 Å². The van der Waals surface area contributed by atoms with Gasteiger partial charge in [0.25, 0.3) is 0 Å². The van der Waals surface area contributed by atoms with Crippen LogP contribution in [0.4, 0.5) is 0 Å². The average Bonchev–Trinajstić information content (AvgIpc) is 3.21. The first-order chi connectivity index (χ1) is 13.7. The van der Waals surface area contributed by atoms with E-state index in [-0.39, 0.29) is 0 Å². The molecule has 0 radical (unpaired) electrons. The first-order valence-electron chi connectivity index (χ1n) is 11.1. The molecule has 2 aliphatic rings. The Morgan fingerprint density at radius 1 is 0.893 bits per heavy atom. The van der Waals surface area contributed by atoms with Crippen LogP contribution >= 0.6 is 0 Å². The van der Waals surface area contributed by atoms with E-state index in [1.54, 1.807) is 0 Å². The van der Waals surface area contributed by atoms with Gasteiger partial charge in [-0.25, -0.2) is 4.98 Å². The lowest BCUT2D eigenvalue weighted by Gasteiger charge is -2.31. The van der Waals surface area contributed by atoms with E-state index < -0.39 is 0 Å². The van der Waals surface area contributed by atoms with Gasteiger partial charge in [-0.1, -0.05) is 12.8 Å². The number of hydrogen-bond acceptors (Lipinski definition) is 5. The van der Waals surface area contributed by atoms with Crippen molar-refractivity contribution in [3.63, 3.8) is 0 Å². The fourth-order valence-electron chi connectivity index (χ4n) is 4.69. The monoisotopic (exact) mass is 385 g/mol. The summed E-state index contributed by atoms with van der Waals surface area (Å²) in [6, 6.07) is 0. The topological polar surface area (TPSA) is 55.0 Å². The van der Waals surface area contributed by atoms with E-state index in [9.17, 15) is 0 Å². The highest BCUT2D eigenvalue weighted by Crippen LogP contribution is 2.27. The molecule has 2 aromatic heterocycles. The van der Waals surface area contributed by atoms with E-state index in [0.29, 0.717) is 5.92 Å². The van der Waals surface area contributed by atoms with Crippen LogP contribution in [-0.2, 0) is 26.7 Å². The molecule has 2 saturated heterocycles. The number of rotatable bonds is 6. The summed E-state index contributed by atoms with van der Waals surface area (Å²) in [6.07, 6.45) is 11.7. The molecule has 0 aromatic carbocycles. The summed E-state index contributed by atoms with van der Waals surface area (Å²) in [5, 5.41) is 9.17. The van der Waals surface area contributed by atoms with Gasteiger partial charge >= 0.3 is 0 Å². The van der Waals surface area contributed by atoms with E-state index in [2.05, 4.69) is 54.3 Å². The van der Waals surface area contributed by atoms with Crippen LogP contribution in [0.5, 0.6) is 0 Å². The second-order valence-electron chi connectivity index (χ2n) is 8.40. The van der Waals surface area contributed by atoms with Gasteiger partial charge in [-0.05, 0) is 58.8 Å². The molecule has 7 heteroatoms. The van der Waals surface area contributed by atoms with Crippen molar-refractivity contribution in [1.29, 1.82) is 0 Å². The third-order valence-corrected chi connectivity index (χ3v) is 6.52. The van der Waals surface area contributed by atoms with Crippen molar-refractivity contribution >= 4 is 0 Å². The molecule has 0 atom stereocenters. The lowest BCUT2D eigenvalue weighted by atomic mass is 9.96. The molecule has 7 nitrogen and oxygen atoms in total. The fraction of sp³-hybridized carbons (Fsp3) is 0.762. The molecule has 28 heavy (non-hydrogen) atoms. The lowest BCUT2D eigenvalue weighted by Crippen LogP contribution is -2.34. The van der Waals surface area contributed by atoms with Gasteiger partial charge in [-0.3, -0.25) is 9.80 Å². The molecular weight excluding hydrogens is 350 g/mol. The zero-order valence-corrected chi connectivity index (χ0v) is 17.6. The van der Waals surface area contributed by atoms with E-state index in [1.807, 2.05) is 6.20 Å². The van der Waals surface area contributed by atoms with E-state index >= 15 is 0 Å². The largest absolute Gasteiger partial charge is 0.334 e. The summed E-state index contributed by atoms with van der Waals surface area (Å²) in [4.78, 5) is 9.61. The van der Waals surface area contributed by atoms with Crippen LogP contribution in [0.3, 0.4) is 0 Å². The van der Waals surface area contributed by atoms with E-state index in [0.717, 1.165) is 51.4 Å². The molecule has 2 aromatic rings. The maximum Gasteiger partial charge on any atom is 0.146 e. The molecular formula is C21H35N7. The summed E-state index contributed by atoms with van der Waals surface area (Å²) in [5.74, 6) is 4.01. The zero-order valence-electron chi connectivity index (χ0n) is 17.6. The predicted octanol–water partition coefficient (Wildman–Crippen LogP) is 2.79. The molecule has 0 aliphatic carbocycles. The minimum absolute atomic E-state index is 0.526. The third-order valence-electron chi connectivity index (χ3n) is 6.52. The molecule has 0 saturated carbocycles. The van der Waals surface area contributed by atoms with Gasteiger partial charge < -0.3 is 9.13 Å². The molecule has 2 fully saturated rings. The number of nitrogens with zero attached hydrogens (tertiary/aromatic N) is 7. The fourth-order valence-corrected chi connectivity index (χ4v) is 4.69. The van der Waals surface area contributed by atoms with Crippen molar-refractivity contribution in [2.24, 2.45) is 7.05 Å². The maximum absolute atomic E-state index is 4.61. The SMILES string of the molecule is CCn1ccnc1CN1CCC(c2nnc(CN3CCCCCC3)n2C)CC1. The maximum atomic E-state index is 4.61. The highest BCUT2D eigenvalue weighted by molar-refractivity contribution is 5.04. The normalized spacial score (nSPS) is 20.5. The Balaban J connectivity index is 1.32. The number of aryl methyl sites for hydroxylation is 1. The number of hydrogen-bond donors (Lipinski definition) is 0. The molecule has 4 rings (SSSR count). The molecule has 0 amide bonds. The second-order valence-corrected chi connectivity index (χ2v) is 8.40. The minimum Gasteiger partial charge on any atom is -0.334 e. The van der Waals surface area contributed by atoms with Crippen LogP contribution in [-0.4, -0.2) is 60.3 Å². The number of aromatic nitrogens is 5. The van der Waals surface area contributed by atoms with Gasteiger partial charge in [0.1, 0.15) is 17.5 Å². The molecule has 154 valence electrons. The second kappa shape index (κ2) is 9.18. The first kappa shape index (κ1) is 19.6. The Kier molecular flexibility index (Phi) is 6.42. The summed E-state index contributed by atoms with van der Waals surface area (Å²) in [5.41, 5.74) is 0. The number of imidazole rings is 1. The highest BCUT2D eigenvalue weighted by Gasteiger charge is 2.26. The van der Waals surface area contributed by atoms with Crippen molar-refractivity contribution in [2.45, 2.75) is 71.0 Å². The van der Waals surface area contributed by atoms with Crippen LogP contribution in [0.1, 0.15) is 68.8 Å². The van der Waals surface area contributed by atoms with Crippen molar-refractivity contribution in [3.05, 3.63) is 29.9 Å². The van der Waals surface area contributed by atoms with Gasteiger partial charge in [-0.15, -0.1) is 10.2 Å². The molecule has 0 N–H and O–H groups in total. The Hall–Kier alpha value is -1.73. The number of piperidine rings is 1. The van der Waals surface area contributed by atoms with Crippen molar-refractivity contribution < 1.29 is 0 Å². The third kappa shape index (κ3) is 4.46. The highest BCUT2D eigenvalue weighted by atomic mass is 15.3. The predicted molar refractivity (Wildman–Crippen MR) is 110 cm³/mol. The molecule has 0 bridgehead atoms. The van der Waals surface area contributed by atoms with Gasteiger partial charge in [0.05, 0.1) is 13.1 Å². The van der Waals surface area contributed by atoms with Crippen molar-refractivity contribution in [1.82, 2.24) is 34.1 Å². The lowest BCUT2D eigenvalue weighted by molar-refractivity contribution is 0.194. The molecule has 0 unspecified atom stereocenters. The van der Waals surface area contributed by atoms with Crippen molar-refractivity contribution in [3.8, 4) is 0 Å². The van der Waals surface area contributed by atoms with Crippen LogP contribution in [0.25, 0.3) is 0 Å². The zero-order chi connectivity index (χ0) is 19.3. The smallest absolute Gasteiger partial charge is 0.146 e. The molecule has 0 spiro atoms. The van der Waals surface area contributed by atoms with Crippen LogP contribution < -0.4 is 0 Å². The Labute approximate surface area is 168 Å². The van der Waals surface area contributed by atoms with Crippen LogP contribution in [0.2, 0.25) is 0 Å². The summed E-state index contributed by atoms with van der Waals surface area (Å²) >= 11 is 0. The standard InChI is InChI=1S/C21H35N7/c1-3-28-15-10-22-19(28)16-27-13-8-18(9-14-27)21-24-23-20(25(21)2)17-26-11-6-4-5-7-12-26/h10,15,18H,3-9,11-14,16-17H2,1-2H3. The Bertz CT molecular complexity index is 734. The van der Waals surface area contributed by atoms with Gasteiger partial charge in [-0.2, -0.15) is 0 Å². The average molecular weight is 386 g/mol. The quantitative estimate of drug-likeness (QED) is 0.765. The van der Waals surface area contributed by atoms with Gasteiger partial charge in [0, 0.05) is 31.9 Å². The number of likely N-dealkylation sites (tertiary alicyclic amines) is 2. The summed E-state index contributed by atoms with van der Waals surface area (Å²) in [6.45, 7) is 9.68. The minimum atomic E-state index is 0.526.